The van der Waals surface area contributed by atoms with E-state index >= 15 is 0 Å². The minimum absolute atomic E-state index is 0.0663. The fraction of sp³-hybridized carbons (Fsp3) is 0.120. The third-order valence-electron chi connectivity index (χ3n) is 5.38. The van der Waals surface area contributed by atoms with Crippen LogP contribution in [0.2, 0.25) is 0 Å². The molecule has 0 bridgehead atoms. The van der Waals surface area contributed by atoms with Crippen LogP contribution in [0.15, 0.2) is 94.6 Å². The van der Waals surface area contributed by atoms with Gasteiger partial charge in [-0.1, -0.05) is 54.6 Å². The number of nitrogens with zero attached hydrogens (tertiary/aromatic N) is 2. The summed E-state index contributed by atoms with van der Waals surface area (Å²) in [6.45, 7) is 1.72. The van der Waals surface area contributed by atoms with Gasteiger partial charge in [0.1, 0.15) is 12.3 Å². The summed E-state index contributed by atoms with van der Waals surface area (Å²) < 4.78 is 36.8. The van der Waals surface area contributed by atoms with Crippen molar-refractivity contribution in [1.82, 2.24) is 9.36 Å². The summed E-state index contributed by atoms with van der Waals surface area (Å²) in [7, 11) is -2.48. The molecule has 9 heteroatoms. The minimum atomic E-state index is -4.15. The number of nitrogens with one attached hydrogen (secondary N) is 1. The Balaban J connectivity index is 1.59. The van der Waals surface area contributed by atoms with E-state index in [1.54, 1.807) is 42.9 Å². The molecular weight excluding hydrogens is 454 g/mol. The number of carbonyl (C=O) groups is 1. The van der Waals surface area contributed by atoms with Crippen molar-refractivity contribution in [2.24, 2.45) is 7.05 Å². The van der Waals surface area contributed by atoms with Gasteiger partial charge in [-0.15, -0.1) is 0 Å². The SMILES string of the molecule is Cc1c(NS(=O)(=O)c2cccc(C(=O)OCc3ccccc3)c2)c(=O)n(-c2ccccc2)n1C. The van der Waals surface area contributed by atoms with Gasteiger partial charge in [-0.3, -0.25) is 14.2 Å². The first-order valence-electron chi connectivity index (χ1n) is 10.5. The molecule has 0 unspecified atom stereocenters. The Morgan fingerprint density at radius 1 is 0.941 bits per heavy atom. The highest BCUT2D eigenvalue weighted by atomic mass is 32.2. The molecule has 0 saturated carbocycles. The van der Waals surface area contributed by atoms with Crippen molar-refractivity contribution in [3.05, 3.63) is 112 Å². The van der Waals surface area contributed by atoms with Crippen molar-refractivity contribution in [3.63, 3.8) is 0 Å². The van der Waals surface area contributed by atoms with Crippen LogP contribution in [0.25, 0.3) is 5.69 Å². The highest BCUT2D eigenvalue weighted by Gasteiger charge is 2.23. The summed E-state index contributed by atoms with van der Waals surface area (Å²) in [4.78, 5) is 25.4. The minimum Gasteiger partial charge on any atom is -0.457 e. The number of ether oxygens (including phenoxy) is 1. The van der Waals surface area contributed by atoms with E-state index in [9.17, 15) is 18.0 Å². The van der Waals surface area contributed by atoms with Gasteiger partial charge in [0, 0.05) is 7.05 Å². The first kappa shape index (κ1) is 23.1. The van der Waals surface area contributed by atoms with Crippen LogP contribution < -0.4 is 10.3 Å². The highest BCUT2D eigenvalue weighted by Crippen LogP contribution is 2.20. The molecule has 1 aromatic heterocycles. The van der Waals surface area contributed by atoms with Gasteiger partial charge in [-0.25, -0.2) is 17.9 Å². The third kappa shape index (κ3) is 4.65. The molecule has 4 aromatic rings. The maximum absolute atomic E-state index is 13.1. The Labute approximate surface area is 197 Å². The molecule has 0 saturated heterocycles. The Hall–Kier alpha value is -4.11. The number of rotatable bonds is 7. The van der Waals surface area contributed by atoms with Gasteiger partial charge in [0.25, 0.3) is 15.6 Å². The fourth-order valence-corrected chi connectivity index (χ4v) is 4.64. The molecular formula is C25H23N3O5S. The molecule has 0 aliphatic rings. The van der Waals surface area contributed by atoms with Crippen molar-refractivity contribution in [2.75, 3.05) is 4.72 Å². The van der Waals surface area contributed by atoms with Gasteiger partial charge in [-0.2, -0.15) is 0 Å². The number of esters is 1. The van der Waals surface area contributed by atoms with E-state index < -0.39 is 21.6 Å². The number of carbonyl (C=O) groups excluding carboxylic acids is 1. The Morgan fingerprint density at radius 2 is 1.59 bits per heavy atom. The van der Waals surface area contributed by atoms with Crippen LogP contribution in [0.5, 0.6) is 0 Å². The lowest BCUT2D eigenvalue weighted by atomic mass is 10.2. The molecule has 3 aromatic carbocycles. The molecule has 0 aliphatic carbocycles. The summed E-state index contributed by atoms with van der Waals surface area (Å²) in [6.07, 6.45) is 0. The number of anilines is 1. The first-order valence-corrected chi connectivity index (χ1v) is 11.9. The topological polar surface area (TPSA) is 99.4 Å². The maximum Gasteiger partial charge on any atom is 0.338 e. The van der Waals surface area contributed by atoms with E-state index in [1.165, 1.54) is 28.9 Å². The van der Waals surface area contributed by atoms with Crippen molar-refractivity contribution >= 4 is 21.7 Å². The standard InChI is InChI=1S/C25H23N3O5S/c1-18-23(24(29)28(27(18)2)21-13-7-4-8-14-21)26-34(31,32)22-15-9-12-20(16-22)25(30)33-17-19-10-5-3-6-11-19/h3-16,26H,17H2,1-2H3. The number of hydrogen-bond donors (Lipinski definition) is 1. The molecule has 4 rings (SSSR count). The normalized spacial score (nSPS) is 11.2. The zero-order chi connectivity index (χ0) is 24.3. The molecule has 0 radical (unpaired) electrons. The lowest BCUT2D eigenvalue weighted by Crippen LogP contribution is -2.23. The number of para-hydroxylation sites is 1. The van der Waals surface area contributed by atoms with Crippen molar-refractivity contribution in [3.8, 4) is 5.69 Å². The average molecular weight is 478 g/mol. The summed E-state index contributed by atoms with van der Waals surface area (Å²) >= 11 is 0. The molecule has 0 amide bonds. The summed E-state index contributed by atoms with van der Waals surface area (Å²) in [6, 6.07) is 23.6. The zero-order valence-corrected chi connectivity index (χ0v) is 19.5. The summed E-state index contributed by atoms with van der Waals surface area (Å²) in [5, 5.41) is 0. The van der Waals surface area contributed by atoms with E-state index in [4.69, 9.17) is 4.74 Å². The van der Waals surface area contributed by atoms with Gasteiger partial charge in [0.2, 0.25) is 0 Å². The largest absolute Gasteiger partial charge is 0.457 e. The third-order valence-corrected chi connectivity index (χ3v) is 6.73. The monoisotopic (exact) mass is 477 g/mol. The van der Waals surface area contributed by atoms with Crippen LogP contribution in [0, 0.1) is 6.92 Å². The predicted octanol–water partition coefficient (Wildman–Crippen LogP) is 3.64. The van der Waals surface area contributed by atoms with E-state index in [0.717, 1.165) is 5.56 Å². The van der Waals surface area contributed by atoms with E-state index in [2.05, 4.69) is 4.72 Å². The van der Waals surface area contributed by atoms with Crippen LogP contribution in [-0.4, -0.2) is 23.8 Å². The Kier molecular flexibility index (Phi) is 6.38. The number of hydrogen-bond acceptors (Lipinski definition) is 5. The molecule has 0 fully saturated rings. The van der Waals surface area contributed by atoms with Gasteiger partial charge in [0.15, 0.2) is 0 Å². The number of aromatic nitrogens is 2. The second-order valence-electron chi connectivity index (χ2n) is 7.63. The average Bonchev–Trinajstić information content (AvgIpc) is 3.06. The van der Waals surface area contributed by atoms with Crippen LogP contribution in [0.1, 0.15) is 21.6 Å². The Morgan fingerprint density at radius 3 is 2.26 bits per heavy atom. The zero-order valence-electron chi connectivity index (χ0n) is 18.6. The number of benzene rings is 3. The van der Waals surface area contributed by atoms with Crippen molar-refractivity contribution in [2.45, 2.75) is 18.4 Å². The fourth-order valence-electron chi connectivity index (χ4n) is 3.48. The van der Waals surface area contributed by atoms with E-state index in [1.807, 2.05) is 36.4 Å². The van der Waals surface area contributed by atoms with Gasteiger partial charge < -0.3 is 4.74 Å². The van der Waals surface area contributed by atoms with Gasteiger partial charge in [0.05, 0.1) is 21.8 Å². The first-order chi connectivity index (χ1) is 16.3. The van der Waals surface area contributed by atoms with E-state index in [0.29, 0.717) is 11.4 Å². The predicted molar refractivity (Wildman–Crippen MR) is 129 cm³/mol. The molecule has 174 valence electrons. The molecule has 34 heavy (non-hydrogen) atoms. The van der Waals surface area contributed by atoms with E-state index in [-0.39, 0.29) is 22.8 Å². The lowest BCUT2D eigenvalue weighted by molar-refractivity contribution is 0.0472. The lowest BCUT2D eigenvalue weighted by Gasteiger charge is -2.09. The quantitative estimate of drug-likeness (QED) is 0.410. The summed E-state index contributed by atoms with van der Waals surface area (Å²) in [5.74, 6) is -0.650. The smallest absolute Gasteiger partial charge is 0.338 e. The molecule has 0 atom stereocenters. The highest BCUT2D eigenvalue weighted by molar-refractivity contribution is 7.92. The van der Waals surface area contributed by atoms with Crippen LogP contribution in [-0.2, 0) is 28.4 Å². The molecule has 1 N–H and O–H groups in total. The number of sulfonamides is 1. The molecule has 0 aliphatic heterocycles. The van der Waals surface area contributed by atoms with Crippen LogP contribution >= 0.6 is 0 Å². The van der Waals surface area contributed by atoms with Gasteiger partial charge >= 0.3 is 5.97 Å². The Bertz CT molecular complexity index is 1490. The molecule has 1 heterocycles. The van der Waals surface area contributed by atoms with Crippen molar-refractivity contribution in [1.29, 1.82) is 0 Å². The van der Waals surface area contributed by atoms with Crippen LogP contribution in [0.4, 0.5) is 5.69 Å². The van der Waals surface area contributed by atoms with Crippen LogP contribution in [0.3, 0.4) is 0 Å². The second kappa shape index (κ2) is 9.40. The summed E-state index contributed by atoms with van der Waals surface area (Å²) in [5.41, 5.74) is 1.37. The maximum atomic E-state index is 13.1. The molecule has 0 spiro atoms. The second-order valence-corrected chi connectivity index (χ2v) is 9.31. The molecule has 8 nitrogen and oxygen atoms in total. The van der Waals surface area contributed by atoms with Crippen molar-refractivity contribution < 1.29 is 17.9 Å². The van der Waals surface area contributed by atoms with Gasteiger partial charge in [-0.05, 0) is 42.8 Å².